The van der Waals surface area contributed by atoms with Gasteiger partial charge in [-0.1, -0.05) is 0 Å². The number of rotatable bonds is 6. The monoisotopic (exact) mass is 468 g/mol. The molecule has 2 aliphatic rings. The van der Waals surface area contributed by atoms with Crippen molar-refractivity contribution in [1.29, 1.82) is 5.26 Å². The lowest BCUT2D eigenvalue weighted by Crippen LogP contribution is -2.57. The summed E-state index contributed by atoms with van der Waals surface area (Å²) in [5.41, 5.74) is 2.73. The Kier molecular flexibility index (Phi) is 5.82. The smallest absolute Gasteiger partial charge is 0.296 e. The van der Waals surface area contributed by atoms with Crippen LogP contribution in [0.25, 0.3) is 16.6 Å². The molecule has 0 radical (unpaired) electrons. The molecule has 2 aliphatic carbocycles. The van der Waals surface area contributed by atoms with E-state index in [-0.39, 0.29) is 17.5 Å². The lowest BCUT2D eigenvalue weighted by Gasteiger charge is -2.44. The first-order valence-electron chi connectivity index (χ1n) is 12.0. The summed E-state index contributed by atoms with van der Waals surface area (Å²) in [4.78, 5) is 16.6. The molecule has 8 nitrogen and oxygen atoms in total. The fourth-order valence-electron chi connectivity index (χ4n) is 5.94. The quantitative estimate of drug-likeness (QED) is 0.534. The second kappa shape index (κ2) is 8.96. The largest absolute Gasteiger partial charge is 0.492 e. The van der Waals surface area contributed by atoms with E-state index in [0.717, 1.165) is 48.1 Å². The van der Waals surface area contributed by atoms with Gasteiger partial charge in [0.25, 0.3) is 5.91 Å². The van der Waals surface area contributed by atoms with Crippen LogP contribution in [0.2, 0.25) is 0 Å². The zero-order valence-electron chi connectivity index (χ0n) is 19.9. The van der Waals surface area contributed by atoms with Gasteiger partial charge in [0, 0.05) is 28.9 Å². The molecule has 2 atom stereocenters. The Hall–Kier alpha value is -4.04. The van der Waals surface area contributed by atoms with Crippen molar-refractivity contribution >= 4 is 17.2 Å². The van der Waals surface area contributed by atoms with Crippen LogP contribution < -0.4 is 15.4 Å². The van der Waals surface area contributed by atoms with Crippen LogP contribution in [0.15, 0.2) is 36.8 Å². The summed E-state index contributed by atoms with van der Waals surface area (Å²) in [5.74, 6) is 4.13. The predicted octanol–water partition coefficient (Wildman–Crippen LogP) is 3.78. The molecule has 2 N–H and O–H groups in total. The Morgan fingerprint density at radius 1 is 1.31 bits per heavy atom. The number of carbonyl (C=O) groups is 1. The van der Waals surface area contributed by atoms with Crippen LogP contribution in [0, 0.1) is 35.5 Å². The van der Waals surface area contributed by atoms with Crippen molar-refractivity contribution in [2.45, 2.75) is 51.1 Å². The Balaban J connectivity index is 1.35. The highest BCUT2D eigenvalue weighted by Crippen LogP contribution is 2.50. The van der Waals surface area contributed by atoms with E-state index < -0.39 is 0 Å². The number of anilines is 1. The van der Waals surface area contributed by atoms with Gasteiger partial charge in [-0.15, -0.1) is 6.42 Å². The van der Waals surface area contributed by atoms with E-state index in [0.29, 0.717) is 29.8 Å². The second-order valence-corrected chi connectivity index (χ2v) is 9.58. The summed E-state index contributed by atoms with van der Waals surface area (Å²) >= 11 is 0. The summed E-state index contributed by atoms with van der Waals surface area (Å²) in [7, 11) is 0. The Morgan fingerprint density at radius 3 is 2.71 bits per heavy atom. The van der Waals surface area contributed by atoms with Crippen molar-refractivity contribution in [3.8, 4) is 35.3 Å². The highest BCUT2D eigenvalue weighted by Gasteiger charge is 2.51. The fourth-order valence-corrected chi connectivity index (χ4v) is 5.94. The molecule has 8 heteroatoms. The van der Waals surface area contributed by atoms with Crippen molar-refractivity contribution in [2.75, 3.05) is 11.9 Å². The summed E-state index contributed by atoms with van der Waals surface area (Å²) in [6, 6.07) is 8.41. The van der Waals surface area contributed by atoms with Gasteiger partial charge in [0.1, 0.15) is 17.6 Å². The van der Waals surface area contributed by atoms with Crippen molar-refractivity contribution < 1.29 is 9.53 Å². The van der Waals surface area contributed by atoms with Crippen molar-refractivity contribution in [2.24, 2.45) is 11.8 Å². The molecule has 0 aliphatic heterocycles. The minimum atomic E-state index is -0.326. The first-order valence-corrected chi connectivity index (χ1v) is 12.0. The molecule has 2 fully saturated rings. The fraction of sp³-hybridized carbons (Fsp3) is 0.407. The molecule has 5 rings (SSSR count). The first-order chi connectivity index (χ1) is 16.9. The SMILES string of the molecule is C#CC(=O)NC1(C)C2CCC1CC(Nc1ccc(-c3cc(OCC)cn4ncc(C#N)c34)cn1)C2. The molecule has 3 aromatic rings. The van der Waals surface area contributed by atoms with Crippen LogP contribution in [0.5, 0.6) is 5.75 Å². The van der Waals surface area contributed by atoms with Crippen LogP contribution in [0.3, 0.4) is 0 Å². The molecular weight excluding hydrogens is 440 g/mol. The third-order valence-corrected chi connectivity index (χ3v) is 7.66. The highest BCUT2D eigenvalue weighted by atomic mass is 16.5. The summed E-state index contributed by atoms with van der Waals surface area (Å²) in [5, 5.41) is 20.5. The Bertz CT molecular complexity index is 1330. The van der Waals surface area contributed by atoms with Gasteiger partial charge in [-0.3, -0.25) is 4.79 Å². The van der Waals surface area contributed by atoms with Gasteiger partial charge in [-0.25, -0.2) is 9.50 Å². The van der Waals surface area contributed by atoms with Gasteiger partial charge >= 0.3 is 0 Å². The van der Waals surface area contributed by atoms with E-state index in [1.165, 1.54) is 0 Å². The number of nitrogens with one attached hydrogen (secondary N) is 2. The molecular formula is C27H28N6O2. The van der Waals surface area contributed by atoms with E-state index in [4.69, 9.17) is 11.2 Å². The minimum Gasteiger partial charge on any atom is -0.492 e. The maximum Gasteiger partial charge on any atom is 0.296 e. The zero-order valence-corrected chi connectivity index (χ0v) is 19.9. The van der Waals surface area contributed by atoms with Crippen molar-refractivity contribution in [3.05, 3.63) is 42.4 Å². The Morgan fingerprint density at radius 2 is 2.09 bits per heavy atom. The molecule has 178 valence electrons. The molecule has 0 saturated heterocycles. The van der Waals surface area contributed by atoms with Crippen molar-refractivity contribution in [1.82, 2.24) is 19.9 Å². The number of nitriles is 1. The van der Waals surface area contributed by atoms with Crippen LogP contribution in [-0.4, -0.2) is 38.7 Å². The lowest BCUT2D eigenvalue weighted by atomic mass is 9.71. The van der Waals surface area contributed by atoms with Gasteiger partial charge in [-0.05, 0) is 75.5 Å². The van der Waals surface area contributed by atoms with E-state index >= 15 is 0 Å². The molecule has 1 amide bonds. The predicted molar refractivity (Wildman–Crippen MR) is 133 cm³/mol. The number of carbonyl (C=O) groups excluding carboxylic acids is 1. The average molecular weight is 469 g/mol. The van der Waals surface area contributed by atoms with Crippen molar-refractivity contribution in [3.63, 3.8) is 0 Å². The summed E-state index contributed by atoms with van der Waals surface area (Å²) in [6.45, 7) is 4.60. The first kappa shape index (κ1) is 22.7. The van der Waals surface area contributed by atoms with E-state index in [1.54, 1.807) is 16.9 Å². The minimum absolute atomic E-state index is 0.237. The number of nitrogens with zero attached hydrogens (tertiary/aromatic N) is 4. The molecule has 0 aromatic carbocycles. The number of pyridine rings is 2. The Labute approximate surface area is 204 Å². The molecule has 2 bridgehead atoms. The average Bonchev–Trinajstić information content (AvgIpc) is 3.31. The van der Waals surface area contributed by atoms with Crippen LogP contribution in [0.1, 0.15) is 45.1 Å². The third-order valence-electron chi connectivity index (χ3n) is 7.66. The van der Waals surface area contributed by atoms with Crippen LogP contribution in [-0.2, 0) is 4.79 Å². The van der Waals surface area contributed by atoms with Gasteiger partial charge in [0.05, 0.1) is 30.1 Å². The number of ether oxygens (including phenoxy) is 1. The topological polar surface area (TPSA) is 104 Å². The van der Waals surface area contributed by atoms with Gasteiger partial charge in [-0.2, -0.15) is 10.4 Å². The second-order valence-electron chi connectivity index (χ2n) is 9.58. The van der Waals surface area contributed by atoms with E-state index in [9.17, 15) is 10.1 Å². The molecule has 3 heterocycles. The summed E-state index contributed by atoms with van der Waals surface area (Å²) < 4.78 is 7.38. The highest BCUT2D eigenvalue weighted by molar-refractivity contribution is 5.93. The molecule has 3 aromatic heterocycles. The van der Waals surface area contributed by atoms with E-state index in [1.807, 2.05) is 31.3 Å². The summed E-state index contributed by atoms with van der Waals surface area (Å²) in [6.07, 6.45) is 14.6. The molecule has 35 heavy (non-hydrogen) atoms. The molecule has 2 saturated carbocycles. The number of hydrogen-bond acceptors (Lipinski definition) is 6. The number of amides is 1. The third kappa shape index (κ3) is 4.06. The van der Waals surface area contributed by atoms with E-state index in [2.05, 4.69) is 39.6 Å². The van der Waals surface area contributed by atoms with Gasteiger partial charge in [0.2, 0.25) is 0 Å². The molecule has 0 spiro atoms. The standard InChI is InChI=1S/C27H28N6O2/c1-4-25(34)32-27(3)19-7-8-20(27)11-21(10-19)31-24-9-6-17(14-29-24)23-12-22(35-5-2)16-33-26(23)18(13-28)15-30-33/h1,6,9,12,14-16,19-21H,5,7-8,10-11H2,2-3H3,(H,29,31)(H,32,34). The zero-order chi connectivity index (χ0) is 24.6. The molecule has 2 unspecified atom stereocenters. The lowest BCUT2D eigenvalue weighted by molar-refractivity contribution is -0.118. The number of terminal acetylenes is 1. The number of aromatic nitrogens is 3. The normalized spacial score (nSPS) is 25.0. The van der Waals surface area contributed by atoms with Gasteiger partial charge < -0.3 is 15.4 Å². The van der Waals surface area contributed by atoms with Crippen LogP contribution in [0.4, 0.5) is 5.82 Å². The maximum atomic E-state index is 11.9. The van der Waals surface area contributed by atoms with Gasteiger partial charge in [0.15, 0.2) is 0 Å². The van der Waals surface area contributed by atoms with Crippen LogP contribution >= 0.6 is 0 Å². The number of fused-ring (bicyclic) bond motifs is 3. The maximum absolute atomic E-state index is 11.9. The number of hydrogen-bond donors (Lipinski definition) is 2.